The van der Waals surface area contributed by atoms with E-state index in [-0.39, 0.29) is 27.1 Å². The first-order valence-corrected chi connectivity index (χ1v) is 19.1. The van der Waals surface area contributed by atoms with Crippen molar-refractivity contribution in [1.29, 1.82) is 0 Å². The number of rotatable bonds is 5. The van der Waals surface area contributed by atoms with E-state index in [1.165, 1.54) is 33.0 Å². The number of benzene rings is 5. The van der Waals surface area contributed by atoms with Gasteiger partial charge in [0.2, 0.25) is 8.60 Å². The van der Waals surface area contributed by atoms with Crippen LogP contribution in [0.1, 0.15) is 132 Å². The summed E-state index contributed by atoms with van der Waals surface area (Å²) < 4.78 is 12.5. The molecule has 0 aliphatic heterocycles. The molecule has 0 aliphatic rings. The molecular formula is C46H58O3P-. The van der Waals surface area contributed by atoms with Gasteiger partial charge in [-0.3, -0.25) is 0 Å². The molecule has 3 nitrogen and oxygen atoms in total. The minimum atomic E-state index is -2.55. The van der Waals surface area contributed by atoms with E-state index in [9.17, 15) is 4.89 Å². The molecule has 0 amide bonds. The minimum Gasteiger partial charge on any atom is -0.765 e. The van der Waals surface area contributed by atoms with Crippen LogP contribution in [0.5, 0.6) is 11.5 Å². The van der Waals surface area contributed by atoms with Crippen LogP contribution in [0.15, 0.2) is 78.9 Å². The first kappa shape index (κ1) is 37.9. The summed E-state index contributed by atoms with van der Waals surface area (Å²) in [5.41, 5.74) is 7.70. The van der Waals surface area contributed by atoms with Crippen LogP contribution in [0.3, 0.4) is 0 Å². The van der Waals surface area contributed by atoms with Crippen molar-refractivity contribution in [2.24, 2.45) is 0 Å². The van der Waals surface area contributed by atoms with Crippen molar-refractivity contribution in [3.8, 4) is 22.6 Å². The zero-order valence-corrected chi connectivity index (χ0v) is 34.1. The molecule has 5 rings (SSSR count). The Kier molecular flexibility index (Phi) is 9.83. The molecular weight excluding hydrogens is 631 g/mol. The highest BCUT2D eigenvalue weighted by molar-refractivity contribution is 7.40. The monoisotopic (exact) mass is 689 g/mol. The Morgan fingerprint density at radius 1 is 0.420 bits per heavy atom. The zero-order valence-electron chi connectivity index (χ0n) is 33.2. The lowest BCUT2D eigenvalue weighted by Gasteiger charge is -2.31. The van der Waals surface area contributed by atoms with Crippen LogP contribution in [0.2, 0.25) is 0 Å². The summed E-state index contributed by atoms with van der Waals surface area (Å²) >= 11 is 0. The molecule has 0 spiro atoms. The maximum absolute atomic E-state index is 13.9. The highest BCUT2D eigenvalue weighted by atomic mass is 31.2. The van der Waals surface area contributed by atoms with Gasteiger partial charge >= 0.3 is 0 Å². The standard InChI is InChI=1S/C46H58O3P/c1-42(2,3)32-21-20-29-26-41(39(46(13,14)15)24-30(29)22-32)49-50(47)48-40-19-17-16-18-34(40)36-28-35-31(25-37(36)44(7,8)9)23-33(43(4,5)6)27-38(35)45(10,11)12/h16-28H,1-15H3/q-1. The first-order valence-electron chi connectivity index (χ1n) is 18.0. The molecule has 1 unspecified atom stereocenters. The Labute approximate surface area is 303 Å². The zero-order chi connectivity index (χ0) is 37.2. The van der Waals surface area contributed by atoms with E-state index >= 15 is 0 Å². The molecule has 0 radical (unpaired) electrons. The van der Waals surface area contributed by atoms with E-state index in [4.69, 9.17) is 9.05 Å². The van der Waals surface area contributed by atoms with Crippen LogP contribution in [0.25, 0.3) is 32.7 Å². The van der Waals surface area contributed by atoms with Crippen molar-refractivity contribution >= 4 is 30.1 Å². The van der Waals surface area contributed by atoms with Gasteiger partial charge in [0.15, 0.2) is 0 Å². The molecule has 1 atom stereocenters. The summed E-state index contributed by atoms with van der Waals surface area (Å²) in [4.78, 5) is 13.9. The van der Waals surface area contributed by atoms with E-state index in [1.54, 1.807) is 0 Å². The van der Waals surface area contributed by atoms with Gasteiger partial charge in [-0.1, -0.05) is 152 Å². The van der Waals surface area contributed by atoms with Crippen molar-refractivity contribution in [2.45, 2.75) is 131 Å². The van der Waals surface area contributed by atoms with Gasteiger partial charge in [-0.2, -0.15) is 0 Å². The fourth-order valence-electron chi connectivity index (χ4n) is 6.66. The largest absolute Gasteiger partial charge is 0.765 e. The molecule has 0 fully saturated rings. The van der Waals surface area contributed by atoms with Crippen LogP contribution >= 0.6 is 8.60 Å². The van der Waals surface area contributed by atoms with E-state index in [2.05, 4.69) is 158 Å². The molecule has 0 saturated carbocycles. The summed E-state index contributed by atoms with van der Waals surface area (Å²) in [5.74, 6) is 1.12. The number of fused-ring (bicyclic) bond motifs is 2. The van der Waals surface area contributed by atoms with Crippen LogP contribution in [0.4, 0.5) is 0 Å². The summed E-state index contributed by atoms with van der Waals surface area (Å²) in [6, 6.07) is 28.1. The van der Waals surface area contributed by atoms with Crippen molar-refractivity contribution < 1.29 is 13.9 Å². The number of hydrogen-bond acceptors (Lipinski definition) is 3. The van der Waals surface area contributed by atoms with Crippen LogP contribution in [-0.4, -0.2) is 0 Å². The lowest BCUT2D eigenvalue weighted by molar-refractivity contribution is -0.189. The Bertz CT molecular complexity index is 2040. The molecule has 0 saturated heterocycles. The van der Waals surface area contributed by atoms with Gasteiger partial charge in [0.25, 0.3) is 0 Å². The molecule has 266 valence electrons. The van der Waals surface area contributed by atoms with Gasteiger partial charge in [-0.05, 0) is 107 Å². The van der Waals surface area contributed by atoms with Gasteiger partial charge in [-0.25, -0.2) is 0 Å². The third kappa shape index (κ3) is 8.06. The molecule has 5 aromatic rings. The summed E-state index contributed by atoms with van der Waals surface area (Å²) in [7, 11) is -2.55. The topological polar surface area (TPSA) is 41.5 Å². The van der Waals surface area contributed by atoms with Gasteiger partial charge in [-0.15, -0.1) is 0 Å². The predicted octanol–water partition coefficient (Wildman–Crippen LogP) is 13.2. The van der Waals surface area contributed by atoms with Crippen LogP contribution < -0.4 is 13.9 Å². The molecule has 50 heavy (non-hydrogen) atoms. The molecule has 5 aromatic carbocycles. The summed E-state index contributed by atoms with van der Waals surface area (Å²) in [5, 5.41) is 4.65. The lowest BCUT2D eigenvalue weighted by Crippen LogP contribution is -2.18. The molecule has 0 heterocycles. The predicted molar refractivity (Wildman–Crippen MR) is 215 cm³/mol. The van der Waals surface area contributed by atoms with E-state index in [1.807, 2.05) is 24.3 Å². The van der Waals surface area contributed by atoms with Gasteiger partial charge in [0.05, 0.1) is 0 Å². The second kappa shape index (κ2) is 13.0. The van der Waals surface area contributed by atoms with Crippen LogP contribution in [-0.2, 0) is 27.1 Å². The molecule has 0 N–H and O–H groups in total. The average Bonchev–Trinajstić information content (AvgIpc) is 2.97. The Balaban J connectivity index is 1.61. The fraction of sp³-hybridized carbons (Fsp3) is 0.435. The average molecular weight is 690 g/mol. The van der Waals surface area contributed by atoms with Gasteiger partial charge in [0, 0.05) is 11.1 Å². The number of para-hydroxylation sites is 1. The Morgan fingerprint density at radius 3 is 1.54 bits per heavy atom. The second-order valence-corrected chi connectivity index (χ2v) is 20.0. The highest BCUT2D eigenvalue weighted by Crippen LogP contribution is 2.47. The van der Waals surface area contributed by atoms with Gasteiger partial charge < -0.3 is 13.9 Å². The Hall–Kier alpha value is -3.39. The van der Waals surface area contributed by atoms with Gasteiger partial charge in [0.1, 0.15) is 11.5 Å². The quantitative estimate of drug-likeness (QED) is 0.173. The fourth-order valence-corrected chi connectivity index (χ4v) is 7.33. The maximum Gasteiger partial charge on any atom is 0.210 e. The van der Waals surface area contributed by atoms with Crippen LogP contribution in [0, 0.1) is 0 Å². The smallest absolute Gasteiger partial charge is 0.210 e. The maximum atomic E-state index is 13.9. The molecule has 0 bridgehead atoms. The molecule has 4 heteroatoms. The first-order chi connectivity index (χ1) is 22.8. The second-order valence-electron chi connectivity index (χ2n) is 19.2. The minimum absolute atomic E-state index is 0.0216. The van der Waals surface area contributed by atoms with Crippen molar-refractivity contribution in [2.75, 3.05) is 0 Å². The van der Waals surface area contributed by atoms with E-state index < -0.39 is 8.60 Å². The molecule has 0 aromatic heterocycles. The number of hydrogen-bond donors (Lipinski definition) is 0. The third-order valence-electron chi connectivity index (χ3n) is 9.71. The van der Waals surface area contributed by atoms with Crippen molar-refractivity contribution in [3.05, 3.63) is 107 Å². The molecule has 0 aliphatic carbocycles. The Morgan fingerprint density at radius 2 is 0.960 bits per heavy atom. The summed E-state index contributed by atoms with van der Waals surface area (Å²) in [6.45, 7) is 33.6. The SMILES string of the molecule is CC(C)(C)c1ccc2cc(OP([O-])Oc3ccccc3-c3cc4c(C(C)(C)C)cc(C(C)(C)C)cc4cc3C(C)(C)C)c(C(C)(C)C)cc2c1. The van der Waals surface area contributed by atoms with Crippen molar-refractivity contribution in [3.63, 3.8) is 0 Å². The summed E-state index contributed by atoms with van der Waals surface area (Å²) in [6.07, 6.45) is 0. The van der Waals surface area contributed by atoms with E-state index in [0.717, 1.165) is 27.5 Å². The highest BCUT2D eigenvalue weighted by Gasteiger charge is 2.27. The normalized spacial score (nSPS) is 13.9. The lowest BCUT2D eigenvalue weighted by atomic mass is 9.75. The van der Waals surface area contributed by atoms with E-state index in [0.29, 0.717) is 11.5 Å². The third-order valence-corrected chi connectivity index (χ3v) is 10.4. The van der Waals surface area contributed by atoms with Crippen molar-refractivity contribution in [1.82, 2.24) is 0 Å².